The Balaban J connectivity index is 1.30. The maximum absolute atomic E-state index is 12.7. The maximum Gasteiger partial charge on any atom is 0.238 e. The fourth-order valence-electron chi connectivity index (χ4n) is 4.14. The molecule has 1 N–H and O–H groups in total. The molecule has 1 aliphatic rings. The molecule has 1 fully saturated rings. The topological polar surface area (TPSA) is 64.9 Å². The zero-order valence-electron chi connectivity index (χ0n) is 19.6. The Morgan fingerprint density at radius 2 is 1.88 bits per heavy atom. The van der Waals surface area contributed by atoms with Crippen LogP contribution in [0.25, 0.3) is 22.6 Å². The molecule has 3 aromatic rings. The van der Waals surface area contributed by atoms with Gasteiger partial charge in [0.1, 0.15) is 5.52 Å². The minimum absolute atomic E-state index is 0.0170. The number of fused-ring (bicyclic) bond motifs is 1. The molecule has 4 rings (SSSR count). The predicted molar refractivity (Wildman–Crippen MR) is 134 cm³/mol. The number of aryl methyl sites for hydroxylation is 1. The minimum atomic E-state index is 0.0170. The van der Waals surface area contributed by atoms with Gasteiger partial charge in [-0.05, 0) is 82.5 Å². The van der Waals surface area contributed by atoms with Gasteiger partial charge in [0.15, 0.2) is 5.58 Å². The molecule has 33 heavy (non-hydrogen) atoms. The van der Waals surface area contributed by atoms with E-state index in [1.807, 2.05) is 31.2 Å². The molecule has 1 aliphatic heterocycles. The first kappa shape index (κ1) is 23.7. The Kier molecular flexibility index (Phi) is 7.65. The first-order chi connectivity index (χ1) is 15.9. The van der Waals surface area contributed by atoms with Crippen LogP contribution in [0.5, 0.6) is 0 Å². The lowest BCUT2D eigenvalue weighted by Crippen LogP contribution is -2.49. The lowest BCUT2D eigenvalue weighted by atomic mass is 10.1. The molecule has 0 atom stereocenters. The minimum Gasteiger partial charge on any atom is -0.436 e. The number of benzene rings is 2. The second-order valence-electron chi connectivity index (χ2n) is 8.98. The van der Waals surface area contributed by atoms with E-state index in [1.54, 1.807) is 12.1 Å². The number of hydrogen-bond donors (Lipinski definition) is 1. The van der Waals surface area contributed by atoms with Gasteiger partial charge in [0.05, 0.1) is 6.54 Å². The number of amides is 1. The van der Waals surface area contributed by atoms with Crippen LogP contribution in [0.2, 0.25) is 5.02 Å². The van der Waals surface area contributed by atoms with Crippen molar-refractivity contribution < 1.29 is 9.21 Å². The number of halogens is 1. The standard InChI is InChI=1S/C25H32ClN5O2/c1-18-15-19(25-28-22-16-20(26)6-8-23(22)33-25)5-7-21(18)27-24(32)17-31-13-11-30(12-14-31)10-4-9-29(2)3/h5-8,15-16H,4,9-14,17H2,1-3H3,(H,27,32). The summed E-state index contributed by atoms with van der Waals surface area (Å²) in [7, 11) is 4.22. The largest absolute Gasteiger partial charge is 0.436 e. The van der Waals surface area contributed by atoms with Gasteiger partial charge in [-0.25, -0.2) is 4.98 Å². The summed E-state index contributed by atoms with van der Waals surface area (Å²) in [5.41, 5.74) is 4.06. The van der Waals surface area contributed by atoms with E-state index in [-0.39, 0.29) is 5.91 Å². The van der Waals surface area contributed by atoms with Crippen molar-refractivity contribution in [3.63, 3.8) is 0 Å². The number of rotatable bonds is 8. The summed E-state index contributed by atoms with van der Waals surface area (Å²) in [6, 6.07) is 11.2. The highest BCUT2D eigenvalue weighted by Crippen LogP contribution is 2.28. The summed E-state index contributed by atoms with van der Waals surface area (Å²) >= 11 is 6.05. The van der Waals surface area contributed by atoms with Gasteiger partial charge in [0.25, 0.3) is 0 Å². The number of carbonyl (C=O) groups is 1. The van der Waals surface area contributed by atoms with Crippen LogP contribution in [0.1, 0.15) is 12.0 Å². The normalized spacial score (nSPS) is 15.4. The van der Waals surface area contributed by atoms with Gasteiger partial charge in [-0.15, -0.1) is 0 Å². The van der Waals surface area contributed by atoms with Crippen LogP contribution in [0.3, 0.4) is 0 Å². The smallest absolute Gasteiger partial charge is 0.238 e. The molecule has 2 heterocycles. The van der Waals surface area contributed by atoms with Gasteiger partial charge in [0, 0.05) is 42.5 Å². The van der Waals surface area contributed by atoms with E-state index in [0.717, 1.165) is 61.6 Å². The highest BCUT2D eigenvalue weighted by Gasteiger charge is 2.19. The molecule has 1 aromatic heterocycles. The third kappa shape index (κ3) is 6.32. The van der Waals surface area contributed by atoms with E-state index in [4.69, 9.17) is 16.0 Å². The summed E-state index contributed by atoms with van der Waals surface area (Å²) in [5.74, 6) is 0.556. The lowest BCUT2D eigenvalue weighted by molar-refractivity contribution is -0.117. The van der Waals surface area contributed by atoms with E-state index in [0.29, 0.717) is 23.0 Å². The zero-order chi connectivity index (χ0) is 23.4. The molecule has 0 radical (unpaired) electrons. The fourth-order valence-corrected chi connectivity index (χ4v) is 4.30. The molecule has 2 aromatic carbocycles. The van der Waals surface area contributed by atoms with E-state index >= 15 is 0 Å². The second-order valence-corrected chi connectivity index (χ2v) is 9.42. The lowest BCUT2D eigenvalue weighted by Gasteiger charge is -2.34. The molecule has 176 valence electrons. The molecule has 0 aliphatic carbocycles. The van der Waals surface area contributed by atoms with Crippen LogP contribution in [0.15, 0.2) is 40.8 Å². The fraction of sp³-hybridized carbons (Fsp3) is 0.440. The van der Waals surface area contributed by atoms with Crippen molar-refractivity contribution in [2.75, 3.05) is 65.2 Å². The molecular formula is C25H32ClN5O2. The number of nitrogens with one attached hydrogen (secondary N) is 1. The number of oxazole rings is 1. The molecule has 0 saturated carbocycles. The molecule has 8 heteroatoms. The van der Waals surface area contributed by atoms with Crippen molar-refractivity contribution >= 4 is 34.3 Å². The van der Waals surface area contributed by atoms with Crippen molar-refractivity contribution in [3.8, 4) is 11.5 Å². The van der Waals surface area contributed by atoms with Gasteiger partial charge < -0.3 is 19.5 Å². The number of anilines is 1. The predicted octanol–water partition coefficient (Wildman–Crippen LogP) is 3.96. The molecule has 0 spiro atoms. The van der Waals surface area contributed by atoms with Crippen LogP contribution < -0.4 is 5.32 Å². The van der Waals surface area contributed by atoms with Crippen molar-refractivity contribution in [3.05, 3.63) is 47.0 Å². The highest BCUT2D eigenvalue weighted by atomic mass is 35.5. The number of piperazine rings is 1. The average molecular weight is 470 g/mol. The van der Waals surface area contributed by atoms with Gasteiger partial charge in [-0.1, -0.05) is 11.6 Å². The number of nitrogens with zero attached hydrogens (tertiary/aromatic N) is 4. The molecule has 7 nitrogen and oxygen atoms in total. The van der Waals surface area contributed by atoms with E-state index in [1.165, 1.54) is 6.42 Å². The Morgan fingerprint density at radius 1 is 1.12 bits per heavy atom. The molecule has 0 bridgehead atoms. The molecular weight excluding hydrogens is 438 g/mol. The van der Waals surface area contributed by atoms with Crippen molar-refractivity contribution in [2.24, 2.45) is 0 Å². The van der Waals surface area contributed by atoms with Crippen molar-refractivity contribution in [1.82, 2.24) is 19.7 Å². The Hall–Kier alpha value is -2.45. The summed E-state index contributed by atoms with van der Waals surface area (Å²) in [5, 5.41) is 3.69. The summed E-state index contributed by atoms with van der Waals surface area (Å²) < 4.78 is 5.86. The quantitative estimate of drug-likeness (QED) is 0.538. The number of hydrogen-bond acceptors (Lipinski definition) is 6. The van der Waals surface area contributed by atoms with Gasteiger partial charge in [-0.2, -0.15) is 0 Å². The Labute approximate surface area is 200 Å². The third-order valence-electron chi connectivity index (χ3n) is 6.01. The molecule has 1 saturated heterocycles. The van der Waals surface area contributed by atoms with E-state index in [9.17, 15) is 4.79 Å². The Morgan fingerprint density at radius 3 is 2.61 bits per heavy atom. The van der Waals surface area contributed by atoms with Gasteiger partial charge in [-0.3, -0.25) is 9.69 Å². The SMILES string of the molecule is Cc1cc(-c2nc3cc(Cl)ccc3o2)ccc1NC(=O)CN1CCN(CCCN(C)C)CC1. The first-order valence-electron chi connectivity index (χ1n) is 11.4. The van der Waals surface area contributed by atoms with Crippen molar-refractivity contribution in [1.29, 1.82) is 0 Å². The van der Waals surface area contributed by atoms with Crippen LogP contribution in [0, 0.1) is 6.92 Å². The third-order valence-corrected chi connectivity index (χ3v) is 6.24. The van der Waals surface area contributed by atoms with Crippen LogP contribution >= 0.6 is 11.6 Å². The van der Waals surface area contributed by atoms with Gasteiger partial charge >= 0.3 is 0 Å². The van der Waals surface area contributed by atoms with E-state index in [2.05, 4.69) is 39.1 Å². The highest BCUT2D eigenvalue weighted by molar-refractivity contribution is 6.31. The van der Waals surface area contributed by atoms with Crippen LogP contribution in [0.4, 0.5) is 5.69 Å². The first-order valence-corrected chi connectivity index (χ1v) is 11.8. The van der Waals surface area contributed by atoms with Gasteiger partial charge in [0.2, 0.25) is 11.8 Å². The molecule has 1 amide bonds. The second kappa shape index (κ2) is 10.7. The molecule has 0 unspecified atom stereocenters. The maximum atomic E-state index is 12.7. The zero-order valence-corrected chi connectivity index (χ0v) is 20.4. The summed E-state index contributed by atoms with van der Waals surface area (Å²) in [4.78, 5) is 24.1. The number of carbonyl (C=O) groups excluding carboxylic acids is 1. The summed E-state index contributed by atoms with van der Waals surface area (Å²) in [6.07, 6.45) is 1.18. The van der Waals surface area contributed by atoms with Crippen LogP contribution in [-0.2, 0) is 4.79 Å². The van der Waals surface area contributed by atoms with Crippen LogP contribution in [-0.4, -0.2) is 85.5 Å². The van der Waals surface area contributed by atoms with E-state index < -0.39 is 0 Å². The monoisotopic (exact) mass is 469 g/mol. The van der Waals surface area contributed by atoms with Crippen molar-refractivity contribution in [2.45, 2.75) is 13.3 Å². The summed E-state index contributed by atoms with van der Waals surface area (Å²) in [6.45, 7) is 8.51. The average Bonchev–Trinajstić information content (AvgIpc) is 3.19. The number of aromatic nitrogens is 1. The Bertz CT molecular complexity index is 1110.